The third-order valence-corrected chi connectivity index (χ3v) is 2.37. The first-order valence-electron chi connectivity index (χ1n) is 4.89. The van der Waals surface area contributed by atoms with Gasteiger partial charge in [-0.1, -0.05) is 42.8 Å². The van der Waals surface area contributed by atoms with Crippen LogP contribution in [0, 0.1) is 0 Å². The van der Waals surface area contributed by atoms with Crippen LogP contribution in [-0.2, 0) is 0 Å². The van der Waals surface area contributed by atoms with Crippen LogP contribution < -0.4 is 0 Å². The molecule has 0 heterocycles. The molecule has 1 unspecified atom stereocenters. The average Bonchev–Trinajstić information content (AvgIpc) is 2.15. The monoisotopic (exact) mass is 174 g/mol. The number of rotatable bonds is 4. The maximum absolute atomic E-state index is 3.92. The molecule has 0 heteroatoms. The van der Waals surface area contributed by atoms with Crippen LogP contribution in [0.5, 0.6) is 0 Å². The molecule has 0 saturated carbocycles. The Hall–Kier alpha value is -1.04. The second-order valence-corrected chi connectivity index (χ2v) is 3.81. The van der Waals surface area contributed by atoms with Gasteiger partial charge in [0.05, 0.1) is 0 Å². The second kappa shape index (κ2) is 4.86. The summed E-state index contributed by atoms with van der Waals surface area (Å²) < 4.78 is 0. The lowest BCUT2D eigenvalue weighted by molar-refractivity contribution is 0.677. The predicted octanol–water partition coefficient (Wildman–Crippen LogP) is 4.15. The topological polar surface area (TPSA) is 0 Å². The van der Waals surface area contributed by atoms with Crippen LogP contribution in [0.1, 0.15) is 38.2 Å². The maximum Gasteiger partial charge on any atom is -0.0187 e. The van der Waals surface area contributed by atoms with E-state index in [-0.39, 0.29) is 0 Å². The van der Waals surface area contributed by atoms with Gasteiger partial charge in [0.15, 0.2) is 0 Å². The standard InChI is InChI=1S/C13H18/c1-11(2)9-10-12(3)13-7-5-4-6-8-13/h4-8,12H,1,9-10H2,2-3H3. The minimum absolute atomic E-state index is 0.651. The molecule has 0 aliphatic rings. The van der Waals surface area contributed by atoms with Gasteiger partial charge in [-0.15, -0.1) is 6.58 Å². The van der Waals surface area contributed by atoms with Crippen molar-refractivity contribution in [1.29, 1.82) is 0 Å². The van der Waals surface area contributed by atoms with Gasteiger partial charge < -0.3 is 0 Å². The van der Waals surface area contributed by atoms with E-state index in [0.29, 0.717) is 5.92 Å². The summed E-state index contributed by atoms with van der Waals surface area (Å²) in [5.74, 6) is 0.651. The summed E-state index contributed by atoms with van der Waals surface area (Å²) in [6.07, 6.45) is 2.34. The first-order valence-corrected chi connectivity index (χ1v) is 4.89. The Morgan fingerprint density at radius 2 is 1.92 bits per heavy atom. The molecule has 1 atom stereocenters. The quantitative estimate of drug-likeness (QED) is 0.602. The molecule has 70 valence electrons. The Morgan fingerprint density at radius 3 is 2.46 bits per heavy atom. The zero-order chi connectivity index (χ0) is 9.68. The van der Waals surface area contributed by atoms with Crippen LogP contribution in [-0.4, -0.2) is 0 Å². The SMILES string of the molecule is C=C(C)CCC(C)c1ccccc1. The molecule has 0 bridgehead atoms. The normalized spacial score (nSPS) is 12.5. The fraction of sp³-hybridized carbons (Fsp3) is 0.385. The lowest BCUT2D eigenvalue weighted by Crippen LogP contribution is -1.93. The average molecular weight is 174 g/mol. The summed E-state index contributed by atoms with van der Waals surface area (Å²) in [4.78, 5) is 0. The van der Waals surface area contributed by atoms with E-state index in [2.05, 4.69) is 50.8 Å². The largest absolute Gasteiger partial charge is 0.100 e. The van der Waals surface area contributed by atoms with Gasteiger partial charge in [-0.2, -0.15) is 0 Å². The third-order valence-electron chi connectivity index (χ3n) is 2.37. The molecule has 0 fully saturated rings. The highest BCUT2D eigenvalue weighted by atomic mass is 14.1. The molecule has 0 amide bonds. The summed E-state index contributed by atoms with van der Waals surface area (Å²) >= 11 is 0. The molecule has 0 aliphatic heterocycles. The minimum atomic E-state index is 0.651. The van der Waals surface area contributed by atoms with E-state index in [1.165, 1.54) is 17.6 Å². The van der Waals surface area contributed by atoms with Crippen LogP contribution in [0.3, 0.4) is 0 Å². The molecule has 1 rings (SSSR count). The summed E-state index contributed by atoms with van der Waals surface area (Å²) in [5, 5.41) is 0. The van der Waals surface area contributed by atoms with E-state index >= 15 is 0 Å². The smallest absolute Gasteiger partial charge is 0.0187 e. The van der Waals surface area contributed by atoms with E-state index in [1.807, 2.05) is 0 Å². The molecule has 13 heavy (non-hydrogen) atoms. The van der Waals surface area contributed by atoms with E-state index < -0.39 is 0 Å². The molecule has 0 spiro atoms. The van der Waals surface area contributed by atoms with Gasteiger partial charge in [-0.3, -0.25) is 0 Å². The Bertz CT molecular complexity index is 259. The molecule has 0 saturated heterocycles. The first-order chi connectivity index (χ1) is 6.20. The number of hydrogen-bond acceptors (Lipinski definition) is 0. The fourth-order valence-corrected chi connectivity index (χ4v) is 1.41. The maximum atomic E-state index is 3.92. The number of hydrogen-bond donors (Lipinski definition) is 0. The minimum Gasteiger partial charge on any atom is -0.100 e. The number of benzene rings is 1. The van der Waals surface area contributed by atoms with Crippen LogP contribution in [0.25, 0.3) is 0 Å². The molecule has 1 aromatic carbocycles. The molecule has 0 N–H and O–H groups in total. The molecular weight excluding hydrogens is 156 g/mol. The van der Waals surface area contributed by atoms with Crippen molar-refractivity contribution in [2.75, 3.05) is 0 Å². The van der Waals surface area contributed by atoms with E-state index in [0.717, 1.165) is 6.42 Å². The Morgan fingerprint density at radius 1 is 1.31 bits per heavy atom. The lowest BCUT2D eigenvalue weighted by Gasteiger charge is -2.10. The second-order valence-electron chi connectivity index (χ2n) is 3.81. The summed E-state index contributed by atoms with van der Waals surface area (Å²) in [6, 6.07) is 10.7. The third kappa shape index (κ3) is 3.45. The van der Waals surface area contributed by atoms with Gasteiger partial charge in [0.25, 0.3) is 0 Å². The van der Waals surface area contributed by atoms with Crippen molar-refractivity contribution in [1.82, 2.24) is 0 Å². The van der Waals surface area contributed by atoms with E-state index in [4.69, 9.17) is 0 Å². The Balaban J connectivity index is 2.49. The van der Waals surface area contributed by atoms with Gasteiger partial charge in [0, 0.05) is 0 Å². The molecule has 1 aromatic rings. The van der Waals surface area contributed by atoms with Crippen molar-refractivity contribution < 1.29 is 0 Å². The Labute approximate surface area is 81.3 Å². The highest BCUT2D eigenvalue weighted by Crippen LogP contribution is 2.21. The summed E-state index contributed by atoms with van der Waals surface area (Å²) in [6.45, 7) is 8.29. The molecule has 0 nitrogen and oxygen atoms in total. The van der Waals surface area contributed by atoms with Gasteiger partial charge >= 0.3 is 0 Å². The van der Waals surface area contributed by atoms with E-state index in [9.17, 15) is 0 Å². The first kappa shape index (κ1) is 10.0. The van der Waals surface area contributed by atoms with Gasteiger partial charge in [-0.05, 0) is 31.2 Å². The van der Waals surface area contributed by atoms with Crippen LogP contribution in [0.2, 0.25) is 0 Å². The molecule has 0 aliphatic carbocycles. The van der Waals surface area contributed by atoms with Crippen LogP contribution in [0.4, 0.5) is 0 Å². The van der Waals surface area contributed by atoms with Crippen molar-refractivity contribution >= 4 is 0 Å². The lowest BCUT2D eigenvalue weighted by atomic mass is 9.95. The van der Waals surface area contributed by atoms with Gasteiger partial charge in [0.2, 0.25) is 0 Å². The number of allylic oxidation sites excluding steroid dienone is 1. The Kier molecular flexibility index (Phi) is 3.75. The highest BCUT2D eigenvalue weighted by molar-refractivity contribution is 5.18. The summed E-state index contributed by atoms with van der Waals surface area (Å²) in [7, 11) is 0. The van der Waals surface area contributed by atoms with Crippen LogP contribution >= 0.6 is 0 Å². The fourth-order valence-electron chi connectivity index (χ4n) is 1.41. The van der Waals surface area contributed by atoms with Crippen molar-refractivity contribution in [2.24, 2.45) is 0 Å². The van der Waals surface area contributed by atoms with Crippen molar-refractivity contribution in [3.63, 3.8) is 0 Å². The molecule has 0 radical (unpaired) electrons. The zero-order valence-corrected chi connectivity index (χ0v) is 8.59. The van der Waals surface area contributed by atoms with Crippen LogP contribution in [0.15, 0.2) is 42.5 Å². The molecule has 0 aromatic heterocycles. The zero-order valence-electron chi connectivity index (χ0n) is 8.59. The van der Waals surface area contributed by atoms with Crippen molar-refractivity contribution in [3.05, 3.63) is 48.0 Å². The molecular formula is C13H18. The highest BCUT2D eigenvalue weighted by Gasteiger charge is 2.03. The van der Waals surface area contributed by atoms with Gasteiger partial charge in [0.1, 0.15) is 0 Å². The predicted molar refractivity (Wildman–Crippen MR) is 58.9 cm³/mol. The van der Waals surface area contributed by atoms with Gasteiger partial charge in [-0.25, -0.2) is 0 Å². The van der Waals surface area contributed by atoms with Crippen molar-refractivity contribution in [3.8, 4) is 0 Å². The summed E-state index contributed by atoms with van der Waals surface area (Å²) in [5.41, 5.74) is 2.71. The van der Waals surface area contributed by atoms with E-state index in [1.54, 1.807) is 0 Å². The van der Waals surface area contributed by atoms with Crippen molar-refractivity contribution in [2.45, 2.75) is 32.6 Å².